The third-order valence-electron chi connectivity index (χ3n) is 0.402. The minimum Gasteiger partial charge on any atom is -0.315 e. The first-order valence-corrected chi connectivity index (χ1v) is 2.88. The Hall–Kier alpha value is -0.740. The number of rotatable bonds is 3. The Bertz CT molecular complexity index is 72.3. The molecule has 0 aromatic carbocycles. The van der Waals surface area contributed by atoms with E-state index in [2.05, 4.69) is 0 Å². The second kappa shape index (κ2) is 11.1. The van der Waals surface area contributed by atoms with Gasteiger partial charge in [-0.25, -0.2) is 0 Å². The number of carbonyl (C=O) groups is 2. The molecule has 0 saturated carbocycles. The Morgan fingerprint density at radius 2 is 1.40 bits per heavy atom. The number of carbonyl (C=O) groups excluding carboxylic acids is 2. The van der Waals surface area contributed by atoms with Crippen molar-refractivity contribution in [3.63, 3.8) is 0 Å². The maximum Gasteiger partial charge on any atom is 0.120 e. The molecular weight excluding hydrogens is 134 g/mol. The molecular formula is C6H13NO3. The van der Waals surface area contributed by atoms with Crippen molar-refractivity contribution in [3.05, 3.63) is 0 Å². The average Bonchev–Trinajstić information content (AvgIpc) is 1.82. The minimum atomic E-state index is 0.365. The van der Waals surface area contributed by atoms with Gasteiger partial charge in [0.05, 0.1) is 0 Å². The fraction of sp³-hybridized carbons (Fsp3) is 0.667. The molecule has 0 spiro atoms. The van der Waals surface area contributed by atoms with E-state index in [1.54, 1.807) is 14.1 Å². The standard InChI is InChI=1S/C4H6O2.C2H7NO/c5-3-1-2-4-6;1-3(2)4/h3-4H,1-2H2;4H,1-2H3. The van der Waals surface area contributed by atoms with Gasteiger partial charge in [0.1, 0.15) is 12.6 Å². The van der Waals surface area contributed by atoms with E-state index < -0.39 is 0 Å². The topological polar surface area (TPSA) is 57.6 Å². The third kappa shape index (κ3) is 55.7. The quantitative estimate of drug-likeness (QED) is 0.349. The first-order valence-electron chi connectivity index (χ1n) is 2.88. The first kappa shape index (κ1) is 12.0. The van der Waals surface area contributed by atoms with Crippen LogP contribution < -0.4 is 0 Å². The van der Waals surface area contributed by atoms with Crippen LogP contribution in [-0.4, -0.2) is 36.9 Å². The number of nitrogens with zero attached hydrogens (tertiary/aromatic N) is 1. The van der Waals surface area contributed by atoms with Crippen molar-refractivity contribution in [2.75, 3.05) is 14.1 Å². The molecule has 10 heavy (non-hydrogen) atoms. The summed E-state index contributed by atoms with van der Waals surface area (Å²) in [6.07, 6.45) is 2.19. The Kier molecular flexibility index (Phi) is 13.3. The molecule has 0 saturated heterocycles. The number of hydroxylamine groups is 2. The van der Waals surface area contributed by atoms with E-state index in [4.69, 9.17) is 5.21 Å². The van der Waals surface area contributed by atoms with Crippen molar-refractivity contribution >= 4 is 12.6 Å². The van der Waals surface area contributed by atoms with Crippen LogP contribution in [0.2, 0.25) is 0 Å². The summed E-state index contributed by atoms with van der Waals surface area (Å²) in [6.45, 7) is 0. The lowest BCUT2D eigenvalue weighted by atomic mass is 10.4. The van der Waals surface area contributed by atoms with Gasteiger partial charge >= 0.3 is 0 Å². The monoisotopic (exact) mass is 147 g/mol. The van der Waals surface area contributed by atoms with E-state index in [0.717, 1.165) is 17.6 Å². The summed E-state index contributed by atoms with van der Waals surface area (Å²) >= 11 is 0. The van der Waals surface area contributed by atoms with E-state index >= 15 is 0 Å². The van der Waals surface area contributed by atoms with Gasteiger partial charge in [-0.3, -0.25) is 0 Å². The molecule has 60 valence electrons. The van der Waals surface area contributed by atoms with Crippen molar-refractivity contribution < 1.29 is 14.8 Å². The Morgan fingerprint density at radius 3 is 1.50 bits per heavy atom. The van der Waals surface area contributed by atoms with Crippen LogP contribution in [-0.2, 0) is 9.59 Å². The maximum atomic E-state index is 9.40. The van der Waals surface area contributed by atoms with E-state index in [1.807, 2.05) is 0 Å². The molecule has 0 aromatic heterocycles. The molecule has 0 bridgehead atoms. The Morgan fingerprint density at radius 1 is 1.20 bits per heavy atom. The van der Waals surface area contributed by atoms with E-state index in [9.17, 15) is 9.59 Å². The number of aldehydes is 2. The molecule has 4 nitrogen and oxygen atoms in total. The molecule has 0 unspecified atom stereocenters. The third-order valence-corrected chi connectivity index (χ3v) is 0.402. The van der Waals surface area contributed by atoms with Crippen LogP contribution in [0.15, 0.2) is 0 Å². The van der Waals surface area contributed by atoms with Gasteiger partial charge in [0.25, 0.3) is 0 Å². The zero-order valence-corrected chi connectivity index (χ0v) is 6.28. The van der Waals surface area contributed by atoms with Crippen LogP contribution >= 0.6 is 0 Å². The molecule has 0 aliphatic rings. The lowest BCUT2D eigenvalue weighted by Crippen LogP contribution is -2.01. The minimum absolute atomic E-state index is 0.365. The average molecular weight is 147 g/mol. The van der Waals surface area contributed by atoms with E-state index in [0.29, 0.717) is 12.8 Å². The molecule has 0 aromatic rings. The van der Waals surface area contributed by atoms with Crippen molar-refractivity contribution in [2.45, 2.75) is 12.8 Å². The SMILES string of the molecule is CN(C)O.O=CCCC=O. The van der Waals surface area contributed by atoms with E-state index in [1.165, 1.54) is 0 Å². The van der Waals surface area contributed by atoms with Gasteiger partial charge in [0, 0.05) is 26.9 Å². The maximum absolute atomic E-state index is 9.40. The zero-order chi connectivity index (χ0) is 8.41. The van der Waals surface area contributed by atoms with E-state index in [-0.39, 0.29) is 0 Å². The first-order chi connectivity index (χ1) is 4.65. The molecule has 0 rings (SSSR count). The van der Waals surface area contributed by atoms with Gasteiger partial charge in [0.15, 0.2) is 0 Å². The van der Waals surface area contributed by atoms with Crippen LogP contribution in [0, 0.1) is 0 Å². The summed E-state index contributed by atoms with van der Waals surface area (Å²) in [6, 6.07) is 0. The summed E-state index contributed by atoms with van der Waals surface area (Å²) in [5.74, 6) is 0. The number of unbranched alkanes of at least 4 members (excludes halogenated alkanes) is 1. The second-order valence-corrected chi connectivity index (χ2v) is 1.76. The highest BCUT2D eigenvalue weighted by Crippen LogP contribution is 1.72. The summed E-state index contributed by atoms with van der Waals surface area (Å²) in [5, 5.41) is 8.89. The van der Waals surface area contributed by atoms with Gasteiger partial charge in [-0.15, -0.1) is 0 Å². The molecule has 0 atom stereocenters. The van der Waals surface area contributed by atoms with Gasteiger partial charge in [-0.05, 0) is 0 Å². The van der Waals surface area contributed by atoms with Crippen molar-refractivity contribution in [3.8, 4) is 0 Å². The summed E-state index contributed by atoms with van der Waals surface area (Å²) < 4.78 is 0. The van der Waals surface area contributed by atoms with Crippen LogP contribution in [0.5, 0.6) is 0 Å². The summed E-state index contributed by atoms with van der Waals surface area (Å²) in [5.41, 5.74) is 0. The molecule has 0 radical (unpaired) electrons. The van der Waals surface area contributed by atoms with Crippen molar-refractivity contribution in [1.82, 2.24) is 5.06 Å². The highest BCUT2D eigenvalue weighted by Gasteiger charge is 1.74. The van der Waals surface area contributed by atoms with Gasteiger partial charge in [-0.2, -0.15) is 5.06 Å². The molecule has 4 heteroatoms. The fourth-order valence-corrected chi connectivity index (χ4v) is 0.136. The van der Waals surface area contributed by atoms with Crippen molar-refractivity contribution in [2.24, 2.45) is 0 Å². The smallest absolute Gasteiger partial charge is 0.120 e. The second-order valence-electron chi connectivity index (χ2n) is 1.76. The van der Waals surface area contributed by atoms with Crippen LogP contribution in [0.1, 0.15) is 12.8 Å². The lowest BCUT2D eigenvalue weighted by molar-refractivity contribution is -0.112. The molecule has 0 aliphatic heterocycles. The highest BCUT2D eigenvalue weighted by molar-refractivity contribution is 5.58. The van der Waals surface area contributed by atoms with Crippen LogP contribution in [0.25, 0.3) is 0 Å². The van der Waals surface area contributed by atoms with Gasteiger partial charge in [0.2, 0.25) is 0 Å². The lowest BCUT2D eigenvalue weighted by Gasteiger charge is -1.89. The molecule has 0 heterocycles. The predicted octanol–water partition coefficient (Wildman–Crippen LogP) is 0.102. The predicted molar refractivity (Wildman–Crippen MR) is 36.8 cm³/mol. The summed E-state index contributed by atoms with van der Waals surface area (Å²) in [4.78, 5) is 18.8. The van der Waals surface area contributed by atoms with Gasteiger partial charge in [-0.1, -0.05) is 0 Å². The highest BCUT2D eigenvalue weighted by atomic mass is 16.5. The number of hydrogen-bond donors (Lipinski definition) is 1. The largest absolute Gasteiger partial charge is 0.315 e. The molecule has 0 fully saturated rings. The molecule has 0 amide bonds. The Balaban J connectivity index is 0. The fourth-order valence-electron chi connectivity index (χ4n) is 0.136. The zero-order valence-electron chi connectivity index (χ0n) is 6.28. The normalized spacial score (nSPS) is 8.00. The van der Waals surface area contributed by atoms with Crippen LogP contribution in [0.3, 0.4) is 0 Å². The number of hydrogen-bond acceptors (Lipinski definition) is 4. The Labute approximate surface area is 60.4 Å². The summed E-state index contributed by atoms with van der Waals surface area (Å²) in [7, 11) is 3.11. The molecule has 1 N–H and O–H groups in total. The van der Waals surface area contributed by atoms with Gasteiger partial charge < -0.3 is 14.8 Å². The van der Waals surface area contributed by atoms with Crippen LogP contribution in [0.4, 0.5) is 0 Å². The molecule has 0 aliphatic carbocycles. The van der Waals surface area contributed by atoms with Crippen molar-refractivity contribution in [1.29, 1.82) is 0 Å².